The average molecular weight is 304 g/mol. The standard InChI is InChI=1S/C13H24N2O4S/c16-13(11-4-9-20(17,18)10-11)15-5-1-8-19-12-2-6-14-7-3-12/h11-12,14H,1-10H2,(H,15,16). The third-order valence-corrected chi connectivity index (χ3v) is 5.63. The molecule has 0 aromatic carbocycles. The number of hydrogen-bond acceptors (Lipinski definition) is 5. The lowest BCUT2D eigenvalue weighted by Crippen LogP contribution is -2.34. The van der Waals surface area contributed by atoms with Crippen molar-refractivity contribution in [1.82, 2.24) is 10.6 Å². The number of amides is 1. The molecule has 0 aromatic heterocycles. The predicted molar refractivity (Wildman–Crippen MR) is 76.2 cm³/mol. The van der Waals surface area contributed by atoms with Gasteiger partial charge in [0.25, 0.3) is 0 Å². The van der Waals surface area contributed by atoms with Gasteiger partial charge in [-0.2, -0.15) is 0 Å². The van der Waals surface area contributed by atoms with Crippen molar-refractivity contribution in [2.24, 2.45) is 5.92 Å². The maximum Gasteiger partial charge on any atom is 0.224 e. The van der Waals surface area contributed by atoms with E-state index in [-0.39, 0.29) is 23.3 Å². The van der Waals surface area contributed by atoms with Crippen LogP contribution in [-0.4, -0.2) is 58.2 Å². The summed E-state index contributed by atoms with van der Waals surface area (Å²) in [4.78, 5) is 11.8. The third kappa shape index (κ3) is 5.03. The van der Waals surface area contributed by atoms with Crippen LogP contribution in [0.5, 0.6) is 0 Å². The summed E-state index contributed by atoms with van der Waals surface area (Å²) in [5, 5.41) is 6.09. The van der Waals surface area contributed by atoms with Crippen LogP contribution in [0.2, 0.25) is 0 Å². The van der Waals surface area contributed by atoms with E-state index in [2.05, 4.69) is 10.6 Å². The summed E-state index contributed by atoms with van der Waals surface area (Å²) >= 11 is 0. The first kappa shape index (κ1) is 15.7. The van der Waals surface area contributed by atoms with E-state index in [0.717, 1.165) is 32.4 Å². The normalized spacial score (nSPS) is 26.5. The molecule has 2 aliphatic heterocycles. The van der Waals surface area contributed by atoms with Gasteiger partial charge in [-0.25, -0.2) is 8.42 Å². The van der Waals surface area contributed by atoms with Gasteiger partial charge in [0.2, 0.25) is 5.91 Å². The van der Waals surface area contributed by atoms with Gasteiger partial charge in [0.05, 0.1) is 23.5 Å². The number of piperidine rings is 1. The number of carbonyl (C=O) groups excluding carboxylic acids is 1. The average Bonchev–Trinajstić information content (AvgIpc) is 2.80. The number of ether oxygens (including phenoxy) is 1. The minimum Gasteiger partial charge on any atom is -0.378 e. The van der Waals surface area contributed by atoms with Crippen LogP contribution in [0.15, 0.2) is 0 Å². The Morgan fingerprint density at radius 2 is 2.00 bits per heavy atom. The first-order valence-corrected chi connectivity index (χ1v) is 9.19. The van der Waals surface area contributed by atoms with Gasteiger partial charge in [0.15, 0.2) is 9.84 Å². The number of sulfone groups is 1. The molecule has 0 aliphatic carbocycles. The summed E-state index contributed by atoms with van der Waals surface area (Å²) in [7, 11) is -2.98. The van der Waals surface area contributed by atoms with Crippen LogP contribution in [0, 0.1) is 5.92 Å². The molecule has 2 aliphatic rings. The predicted octanol–water partition coefficient (Wildman–Crippen LogP) is -0.304. The Bertz CT molecular complexity index is 418. The van der Waals surface area contributed by atoms with Gasteiger partial charge in [-0.05, 0) is 38.8 Å². The van der Waals surface area contributed by atoms with Gasteiger partial charge in [0.1, 0.15) is 0 Å². The molecular formula is C13H24N2O4S. The van der Waals surface area contributed by atoms with E-state index in [4.69, 9.17) is 4.74 Å². The summed E-state index contributed by atoms with van der Waals surface area (Å²) in [6.07, 6.45) is 3.67. The number of nitrogens with one attached hydrogen (secondary N) is 2. The zero-order chi connectivity index (χ0) is 14.4. The van der Waals surface area contributed by atoms with E-state index in [9.17, 15) is 13.2 Å². The summed E-state index contributed by atoms with van der Waals surface area (Å²) in [6.45, 7) is 3.23. The Morgan fingerprint density at radius 3 is 2.65 bits per heavy atom. The first-order chi connectivity index (χ1) is 9.57. The maximum absolute atomic E-state index is 11.8. The van der Waals surface area contributed by atoms with Crippen LogP contribution in [0.25, 0.3) is 0 Å². The molecule has 0 bridgehead atoms. The van der Waals surface area contributed by atoms with Crippen molar-refractivity contribution in [3.05, 3.63) is 0 Å². The van der Waals surface area contributed by atoms with E-state index < -0.39 is 9.84 Å². The van der Waals surface area contributed by atoms with Gasteiger partial charge in [-0.3, -0.25) is 4.79 Å². The quantitative estimate of drug-likeness (QED) is 0.658. The largest absolute Gasteiger partial charge is 0.378 e. The molecule has 0 aromatic rings. The monoisotopic (exact) mass is 304 g/mol. The molecule has 1 unspecified atom stereocenters. The van der Waals surface area contributed by atoms with Crippen molar-refractivity contribution >= 4 is 15.7 Å². The fourth-order valence-electron chi connectivity index (χ4n) is 2.64. The minimum absolute atomic E-state index is 0.00437. The molecule has 1 amide bonds. The lowest BCUT2D eigenvalue weighted by molar-refractivity contribution is -0.124. The summed E-state index contributed by atoms with van der Waals surface area (Å²) in [5.41, 5.74) is 0. The highest BCUT2D eigenvalue weighted by atomic mass is 32.2. The Morgan fingerprint density at radius 1 is 1.25 bits per heavy atom. The molecule has 0 spiro atoms. The minimum atomic E-state index is -2.98. The van der Waals surface area contributed by atoms with Crippen molar-refractivity contribution in [2.75, 3.05) is 37.7 Å². The molecule has 6 nitrogen and oxygen atoms in total. The third-order valence-electron chi connectivity index (χ3n) is 3.86. The van der Waals surface area contributed by atoms with Crippen LogP contribution < -0.4 is 10.6 Å². The summed E-state index contributed by atoms with van der Waals surface area (Å²) in [6, 6.07) is 0. The molecule has 1 atom stereocenters. The van der Waals surface area contributed by atoms with Crippen LogP contribution in [-0.2, 0) is 19.4 Å². The van der Waals surface area contributed by atoms with Gasteiger partial charge >= 0.3 is 0 Å². The summed E-state index contributed by atoms with van der Waals surface area (Å²) in [5.74, 6) is -0.341. The number of carbonyl (C=O) groups is 1. The zero-order valence-electron chi connectivity index (χ0n) is 11.8. The van der Waals surface area contributed by atoms with Crippen molar-refractivity contribution in [1.29, 1.82) is 0 Å². The van der Waals surface area contributed by atoms with Crippen molar-refractivity contribution < 1.29 is 17.9 Å². The molecule has 2 fully saturated rings. The molecule has 116 valence electrons. The van der Waals surface area contributed by atoms with Crippen LogP contribution in [0.1, 0.15) is 25.7 Å². The lowest BCUT2D eigenvalue weighted by Gasteiger charge is -2.22. The Hall–Kier alpha value is -0.660. The molecule has 0 radical (unpaired) electrons. The van der Waals surface area contributed by atoms with Crippen molar-refractivity contribution in [3.63, 3.8) is 0 Å². The van der Waals surface area contributed by atoms with Gasteiger partial charge in [-0.15, -0.1) is 0 Å². The van der Waals surface area contributed by atoms with Gasteiger partial charge in [-0.1, -0.05) is 0 Å². The topological polar surface area (TPSA) is 84.5 Å². The molecule has 2 heterocycles. The first-order valence-electron chi connectivity index (χ1n) is 7.37. The van der Waals surface area contributed by atoms with Crippen LogP contribution in [0.3, 0.4) is 0 Å². The van der Waals surface area contributed by atoms with E-state index in [0.29, 0.717) is 25.7 Å². The second kappa shape index (κ2) is 7.38. The zero-order valence-corrected chi connectivity index (χ0v) is 12.6. The molecule has 20 heavy (non-hydrogen) atoms. The maximum atomic E-state index is 11.8. The lowest BCUT2D eigenvalue weighted by atomic mass is 10.1. The second-order valence-electron chi connectivity index (χ2n) is 5.56. The smallest absolute Gasteiger partial charge is 0.224 e. The van der Waals surface area contributed by atoms with Crippen LogP contribution >= 0.6 is 0 Å². The Kier molecular flexibility index (Phi) is 5.80. The molecule has 2 N–H and O–H groups in total. The SMILES string of the molecule is O=C(NCCCOC1CCNCC1)C1CCS(=O)(=O)C1. The van der Waals surface area contributed by atoms with Crippen molar-refractivity contribution in [3.8, 4) is 0 Å². The molecular weight excluding hydrogens is 280 g/mol. The number of rotatable bonds is 6. The highest BCUT2D eigenvalue weighted by Crippen LogP contribution is 2.18. The van der Waals surface area contributed by atoms with Gasteiger partial charge < -0.3 is 15.4 Å². The fourth-order valence-corrected chi connectivity index (χ4v) is 4.38. The molecule has 7 heteroatoms. The van der Waals surface area contributed by atoms with E-state index in [1.807, 2.05) is 0 Å². The fraction of sp³-hybridized carbons (Fsp3) is 0.923. The van der Waals surface area contributed by atoms with Crippen molar-refractivity contribution in [2.45, 2.75) is 31.8 Å². The van der Waals surface area contributed by atoms with E-state index in [1.165, 1.54) is 0 Å². The Balaban J connectivity index is 1.53. The molecule has 2 rings (SSSR count). The highest BCUT2D eigenvalue weighted by Gasteiger charge is 2.32. The van der Waals surface area contributed by atoms with Crippen LogP contribution in [0.4, 0.5) is 0 Å². The molecule has 2 saturated heterocycles. The molecule has 0 saturated carbocycles. The van der Waals surface area contributed by atoms with Gasteiger partial charge in [0, 0.05) is 13.2 Å². The van der Waals surface area contributed by atoms with E-state index in [1.54, 1.807) is 0 Å². The second-order valence-corrected chi connectivity index (χ2v) is 7.79. The number of hydrogen-bond donors (Lipinski definition) is 2. The highest BCUT2D eigenvalue weighted by molar-refractivity contribution is 7.91. The Labute approximate surface area is 120 Å². The van der Waals surface area contributed by atoms with E-state index >= 15 is 0 Å². The summed E-state index contributed by atoms with van der Waals surface area (Å²) < 4.78 is 28.3.